The summed E-state index contributed by atoms with van der Waals surface area (Å²) in [4.78, 5) is 2.08. The first-order chi connectivity index (χ1) is 13.5. The molecule has 0 radical (unpaired) electrons. The average Bonchev–Trinajstić information content (AvgIpc) is 3.14. The molecule has 1 atom stereocenters. The van der Waals surface area contributed by atoms with E-state index in [1.54, 1.807) is 6.07 Å². The lowest BCUT2D eigenvalue weighted by Crippen LogP contribution is -2.18. The Labute approximate surface area is 170 Å². The summed E-state index contributed by atoms with van der Waals surface area (Å²) in [6.07, 6.45) is 0.710. The largest absolute Gasteiger partial charge is 0.507 e. The van der Waals surface area contributed by atoms with Crippen LogP contribution in [0.15, 0.2) is 77.9 Å². The van der Waals surface area contributed by atoms with Gasteiger partial charge >= 0.3 is 0 Å². The summed E-state index contributed by atoms with van der Waals surface area (Å²) < 4.78 is 0. The Balaban J connectivity index is 1.74. The lowest BCUT2D eigenvalue weighted by molar-refractivity contribution is 0.474. The van der Waals surface area contributed by atoms with E-state index in [1.165, 1.54) is 5.56 Å². The summed E-state index contributed by atoms with van der Waals surface area (Å²) in [5.74, 6) is 0.251. The molecule has 0 aromatic heterocycles. The molecule has 0 saturated carbocycles. The summed E-state index contributed by atoms with van der Waals surface area (Å²) in [7, 11) is 4.06. The van der Waals surface area contributed by atoms with Crippen molar-refractivity contribution in [2.45, 2.75) is 12.5 Å². The molecule has 1 unspecified atom stereocenters. The van der Waals surface area contributed by atoms with E-state index in [2.05, 4.69) is 29.2 Å². The lowest BCUT2D eigenvalue weighted by Gasteiger charge is -2.24. The van der Waals surface area contributed by atoms with E-state index < -0.39 is 0 Å². The number of benzene rings is 3. The molecule has 1 N–H and O–H groups in total. The number of rotatable bonds is 4. The van der Waals surface area contributed by atoms with Gasteiger partial charge in [-0.3, -0.25) is 5.01 Å². The van der Waals surface area contributed by atoms with Crippen molar-refractivity contribution >= 4 is 28.7 Å². The van der Waals surface area contributed by atoms with Crippen molar-refractivity contribution < 1.29 is 5.11 Å². The molecule has 0 aliphatic carbocycles. The van der Waals surface area contributed by atoms with Crippen LogP contribution in [0.1, 0.15) is 23.6 Å². The molecule has 1 heterocycles. The fourth-order valence-electron chi connectivity index (χ4n) is 3.48. The van der Waals surface area contributed by atoms with Gasteiger partial charge in [0, 0.05) is 36.8 Å². The van der Waals surface area contributed by atoms with E-state index in [1.807, 2.05) is 61.6 Å². The van der Waals surface area contributed by atoms with Gasteiger partial charge in [-0.2, -0.15) is 5.10 Å². The molecule has 0 fully saturated rings. The van der Waals surface area contributed by atoms with Crippen LogP contribution in [0.4, 0.5) is 11.4 Å². The van der Waals surface area contributed by atoms with Crippen LogP contribution in [0.2, 0.25) is 5.02 Å². The highest BCUT2D eigenvalue weighted by Gasteiger charge is 2.30. The third-order valence-electron chi connectivity index (χ3n) is 5.01. The summed E-state index contributed by atoms with van der Waals surface area (Å²) in [5, 5.41) is 17.9. The third-order valence-corrected chi connectivity index (χ3v) is 5.26. The molecule has 3 aromatic rings. The molecule has 0 spiro atoms. The number of anilines is 2. The second-order valence-corrected chi connectivity index (χ2v) is 7.53. The Bertz CT molecular complexity index is 997. The fraction of sp³-hybridized carbons (Fsp3) is 0.174. The molecule has 28 heavy (non-hydrogen) atoms. The zero-order chi connectivity index (χ0) is 19.7. The van der Waals surface area contributed by atoms with E-state index in [-0.39, 0.29) is 11.8 Å². The zero-order valence-corrected chi connectivity index (χ0v) is 16.6. The van der Waals surface area contributed by atoms with Gasteiger partial charge in [0.1, 0.15) is 5.75 Å². The molecular weight excluding hydrogens is 370 g/mol. The van der Waals surface area contributed by atoms with Crippen molar-refractivity contribution in [2.24, 2.45) is 5.10 Å². The van der Waals surface area contributed by atoms with E-state index >= 15 is 0 Å². The maximum Gasteiger partial charge on any atom is 0.124 e. The first kappa shape index (κ1) is 18.4. The summed E-state index contributed by atoms with van der Waals surface area (Å²) >= 11 is 6.07. The Morgan fingerprint density at radius 3 is 2.29 bits per heavy atom. The molecule has 4 nitrogen and oxygen atoms in total. The third kappa shape index (κ3) is 3.56. The molecule has 0 saturated heterocycles. The lowest BCUT2D eigenvalue weighted by atomic mass is 9.97. The van der Waals surface area contributed by atoms with Gasteiger partial charge in [-0.15, -0.1) is 0 Å². The van der Waals surface area contributed by atoms with Crippen LogP contribution in [0, 0.1) is 0 Å². The predicted octanol–water partition coefficient (Wildman–Crippen LogP) is 5.47. The van der Waals surface area contributed by atoms with Crippen LogP contribution in [-0.4, -0.2) is 24.9 Å². The minimum absolute atomic E-state index is 0.0481. The molecule has 5 heteroatoms. The molecule has 3 aromatic carbocycles. The van der Waals surface area contributed by atoms with Gasteiger partial charge < -0.3 is 10.0 Å². The monoisotopic (exact) mass is 391 g/mol. The molecule has 142 valence electrons. The molecule has 1 aliphatic heterocycles. The summed E-state index contributed by atoms with van der Waals surface area (Å²) in [6.45, 7) is 0. The van der Waals surface area contributed by atoms with E-state index in [4.69, 9.17) is 16.7 Å². The van der Waals surface area contributed by atoms with Gasteiger partial charge in [0.05, 0.1) is 17.4 Å². The van der Waals surface area contributed by atoms with Crippen LogP contribution >= 0.6 is 11.6 Å². The maximum absolute atomic E-state index is 10.3. The topological polar surface area (TPSA) is 39.1 Å². The summed E-state index contributed by atoms with van der Waals surface area (Å²) in [5.41, 5.74) is 4.94. The minimum atomic E-state index is 0.0481. The molecule has 1 aliphatic rings. The standard InChI is InChI=1S/C23H22ClN3O/c1-26(2)18-11-7-16(8-12-18)22-15-21(20-5-3-4-6-23(20)28)25-27(22)19-13-9-17(24)10-14-19/h3-14,22,28H,15H2,1-2H3. The van der Waals surface area contributed by atoms with Crippen LogP contribution in [0.3, 0.4) is 0 Å². The second kappa shape index (κ2) is 7.56. The van der Waals surface area contributed by atoms with Crippen molar-refractivity contribution in [2.75, 3.05) is 24.0 Å². The second-order valence-electron chi connectivity index (χ2n) is 7.09. The first-order valence-corrected chi connectivity index (χ1v) is 9.58. The average molecular weight is 392 g/mol. The van der Waals surface area contributed by atoms with E-state index in [9.17, 15) is 5.11 Å². The van der Waals surface area contributed by atoms with E-state index in [0.717, 1.165) is 22.6 Å². The maximum atomic E-state index is 10.3. The first-order valence-electron chi connectivity index (χ1n) is 9.21. The van der Waals surface area contributed by atoms with Crippen molar-refractivity contribution in [3.8, 4) is 5.75 Å². The van der Waals surface area contributed by atoms with Gasteiger partial charge in [0.2, 0.25) is 0 Å². The van der Waals surface area contributed by atoms with Crippen LogP contribution in [-0.2, 0) is 0 Å². The van der Waals surface area contributed by atoms with Crippen LogP contribution in [0.5, 0.6) is 5.75 Å². The molecule has 0 bridgehead atoms. The smallest absolute Gasteiger partial charge is 0.124 e. The number of hydrogen-bond acceptors (Lipinski definition) is 4. The minimum Gasteiger partial charge on any atom is -0.507 e. The number of halogens is 1. The van der Waals surface area contributed by atoms with Crippen molar-refractivity contribution in [1.82, 2.24) is 0 Å². The predicted molar refractivity (Wildman–Crippen MR) is 117 cm³/mol. The van der Waals surface area contributed by atoms with Gasteiger partial charge in [0.25, 0.3) is 0 Å². The number of aromatic hydroxyl groups is 1. The summed E-state index contributed by atoms with van der Waals surface area (Å²) in [6, 6.07) is 23.6. The molecule has 0 amide bonds. The van der Waals surface area contributed by atoms with Crippen LogP contribution in [0.25, 0.3) is 0 Å². The van der Waals surface area contributed by atoms with Gasteiger partial charge in [-0.1, -0.05) is 35.9 Å². The van der Waals surface area contributed by atoms with Crippen LogP contribution < -0.4 is 9.91 Å². The quantitative estimate of drug-likeness (QED) is 0.641. The van der Waals surface area contributed by atoms with Gasteiger partial charge in [-0.25, -0.2) is 0 Å². The Hall–Kier alpha value is -2.98. The Morgan fingerprint density at radius 2 is 1.64 bits per heavy atom. The number of para-hydroxylation sites is 1. The number of hydrazone groups is 1. The highest BCUT2D eigenvalue weighted by molar-refractivity contribution is 6.30. The van der Waals surface area contributed by atoms with Gasteiger partial charge in [-0.05, 0) is 54.1 Å². The number of phenolic OH excluding ortho intramolecular Hbond substituents is 1. The highest BCUT2D eigenvalue weighted by atomic mass is 35.5. The number of hydrogen-bond donors (Lipinski definition) is 1. The van der Waals surface area contributed by atoms with Crippen molar-refractivity contribution in [3.63, 3.8) is 0 Å². The Kier molecular flexibility index (Phi) is 4.97. The fourth-order valence-corrected chi connectivity index (χ4v) is 3.60. The SMILES string of the molecule is CN(C)c1ccc(C2CC(c3ccccc3O)=NN2c2ccc(Cl)cc2)cc1. The number of phenols is 1. The number of nitrogens with zero attached hydrogens (tertiary/aromatic N) is 3. The molecular formula is C23H22ClN3O. The highest BCUT2D eigenvalue weighted by Crippen LogP contribution is 2.38. The van der Waals surface area contributed by atoms with E-state index in [0.29, 0.717) is 11.4 Å². The normalized spacial score (nSPS) is 16.2. The Morgan fingerprint density at radius 1 is 0.964 bits per heavy atom. The van der Waals surface area contributed by atoms with Crippen molar-refractivity contribution in [3.05, 3.63) is 88.9 Å². The molecule has 4 rings (SSSR count). The van der Waals surface area contributed by atoms with Gasteiger partial charge in [0.15, 0.2) is 0 Å². The van der Waals surface area contributed by atoms with Crippen molar-refractivity contribution in [1.29, 1.82) is 0 Å². The zero-order valence-electron chi connectivity index (χ0n) is 15.9.